The molecule has 5 nitrogen and oxygen atoms in total. The Bertz CT molecular complexity index is 252. The van der Waals surface area contributed by atoms with Gasteiger partial charge in [0.25, 0.3) is 0 Å². The average Bonchev–Trinajstić information content (AvgIpc) is 2.84. The maximum absolute atomic E-state index is 11.5. The summed E-state index contributed by atoms with van der Waals surface area (Å²) in [5.74, 6) is -0.00236. The molecule has 2 atom stereocenters. The number of unbranched alkanes of at least 4 members (excludes halogenated alkanes) is 1. The summed E-state index contributed by atoms with van der Waals surface area (Å²) in [6.07, 6.45) is 4.57. The molecule has 1 aliphatic heterocycles. The summed E-state index contributed by atoms with van der Waals surface area (Å²) in [6.45, 7) is -0.473. The number of hydrogen-bond donors (Lipinski definition) is 4. The number of carbonyl (C=O) groups is 1. The zero-order chi connectivity index (χ0) is 13.4. The summed E-state index contributed by atoms with van der Waals surface area (Å²) < 4.78 is 0. The van der Waals surface area contributed by atoms with Crippen LogP contribution in [-0.4, -0.2) is 51.7 Å². The zero-order valence-electron chi connectivity index (χ0n) is 10.2. The third kappa shape index (κ3) is 6.33. The zero-order valence-corrected chi connectivity index (χ0v) is 11.9. The van der Waals surface area contributed by atoms with Gasteiger partial charge in [-0.15, -0.1) is 0 Å². The monoisotopic (exact) mass is 293 g/mol. The van der Waals surface area contributed by atoms with Crippen LogP contribution in [0.3, 0.4) is 0 Å². The van der Waals surface area contributed by atoms with Gasteiger partial charge in [0.15, 0.2) is 0 Å². The molecule has 1 heterocycles. The third-order valence-electron chi connectivity index (χ3n) is 2.81. The van der Waals surface area contributed by atoms with Crippen molar-refractivity contribution in [3.8, 4) is 0 Å². The first-order valence-corrected chi connectivity index (χ1v) is 8.56. The lowest BCUT2D eigenvalue weighted by molar-refractivity contribution is -0.121. The first-order chi connectivity index (χ1) is 8.63. The molecule has 104 valence electrons. The van der Waals surface area contributed by atoms with E-state index in [0.29, 0.717) is 6.42 Å². The quantitative estimate of drug-likeness (QED) is 0.290. The summed E-state index contributed by atoms with van der Waals surface area (Å²) in [7, 11) is 2.13. The van der Waals surface area contributed by atoms with Crippen molar-refractivity contribution < 1.29 is 19.9 Å². The van der Waals surface area contributed by atoms with Gasteiger partial charge in [0.2, 0.25) is 5.91 Å². The summed E-state index contributed by atoms with van der Waals surface area (Å²) in [6, 6.07) is 0. The number of hydrogen-bond acceptors (Lipinski definition) is 6. The van der Waals surface area contributed by atoms with Crippen molar-refractivity contribution in [2.45, 2.75) is 43.3 Å². The molecule has 0 aromatic heterocycles. The van der Waals surface area contributed by atoms with Gasteiger partial charge in [0.05, 0.1) is 12.5 Å². The van der Waals surface area contributed by atoms with E-state index in [1.807, 2.05) is 21.6 Å². The van der Waals surface area contributed by atoms with E-state index in [2.05, 4.69) is 5.32 Å². The van der Waals surface area contributed by atoms with Gasteiger partial charge >= 0.3 is 7.12 Å². The van der Waals surface area contributed by atoms with Crippen LogP contribution in [0.2, 0.25) is 0 Å². The molecule has 4 N–H and O–H groups in total. The van der Waals surface area contributed by atoms with Crippen LogP contribution in [0.15, 0.2) is 0 Å². The fourth-order valence-corrected chi connectivity index (χ4v) is 4.74. The molecule has 0 spiro atoms. The predicted molar refractivity (Wildman–Crippen MR) is 76.1 cm³/mol. The van der Waals surface area contributed by atoms with Gasteiger partial charge in [-0.3, -0.25) is 4.79 Å². The molecule has 0 saturated carbocycles. The van der Waals surface area contributed by atoms with Crippen molar-refractivity contribution in [1.82, 2.24) is 5.32 Å². The Morgan fingerprint density at radius 2 is 2.22 bits per heavy atom. The van der Waals surface area contributed by atoms with Crippen LogP contribution in [0.5, 0.6) is 0 Å². The number of carbonyl (C=O) groups excluding carboxylic acids is 1. The van der Waals surface area contributed by atoms with Crippen LogP contribution < -0.4 is 5.32 Å². The van der Waals surface area contributed by atoms with Crippen molar-refractivity contribution in [3.63, 3.8) is 0 Å². The Hall–Kier alpha value is 0.115. The number of aliphatic hydroxyl groups excluding tert-OH is 1. The molecule has 0 bridgehead atoms. The Morgan fingerprint density at radius 3 is 2.78 bits per heavy atom. The topological polar surface area (TPSA) is 89.8 Å². The second-order valence-electron chi connectivity index (χ2n) is 4.34. The summed E-state index contributed by atoms with van der Waals surface area (Å²) in [5.41, 5.74) is 0. The van der Waals surface area contributed by atoms with Crippen LogP contribution in [0, 0.1) is 0 Å². The molecule has 0 aliphatic carbocycles. The van der Waals surface area contributed by atoms with Crippen LogP contribution >= 0.6 is 21.6 Å². The second kappa shape index (κ2) is 9.09. The van der Waals surface area contributed by atoms with E-state index in [9.17, 15) is 4.79 Å². The van der Waals surface area contributed by atoms with Gasteiger partial charge in [-0.2, -0.15) is 0 Å². The number of amides is 1. The fraction of sp³-hybridized carbons (Fsp3) is 0.900. The highest BCUT2D eigenvalue weighted by Crippen LogP contribution is 2.39. The highest BCUT2D eigenvalue weighted by Gasteiger charge is 2.24. The highest BCUT2D eigenvalue weighted by molar-refractivity contribution is 8.77. The Balaban J connectivity index is 2.05. The first kappa shape index (κ1) is 16.2. The lowest BCUT2D eigenvalue weighted by Crippen LogP contribution is -2.48. The van der Waals surface area contributed by atoms with E-state index < -0.39 is 19.7 Å². The van der Waals surface area contributed by atoms with Crippen molar-refractivity contribution in [1.29, 1.82) is 0 Å². The van der Waals surface area contributed by atoms with Crippen molar-refractivity contribution >= 4 is 34.6 Å². The summed E-state index contributed by atoms with van der Waals surface area (Å²) in [4.78, 5) is 11.5. The molecule has 0 aromatic carbocycles. The minimum atomic E-state index is -1.72. The van der Waals surface area contributed by atoms with Gasteiger partial charge in [-0.05, 0) is 19.3 Å². The van der Waals surface area contributed by atoms with E-state index in [4.69, 9.17) is 15.2 Å². The Morgan fingerprint density at radius 1 is 1.44 bits per heavy atom. The van der Waals surface area contributed by atoms with Gasteiger partial charge in [-0.1, -0.05) is 28.0 Å². The van der Waals surface area contributed by atoms with Gasteiger partial charge in [0, 0.05) is 17.4 Å². The standard InChI is InChI=1S/C10H20BNO4S2/c13-7-9(11(15)16)12-10(14)4-2-1-3-8-5-6-17-18-8/h8-9,13,15-16H,1-7H2,(H,12,14)/t8-,9?/m1/s1. The SMILES string of the molecule is O=C(CCCC[C@@H]1CCSS1)NC(CO)B(O)O. The van der Waals surface area contributed by atoms with Crippen LogP contribution in [0.25, 0.3) is 0 Å². The van der Waals surface area contributed by atoms with Gasteiger partial charge < -0.3 is 20.5 Å². The largest absolute Gasteiger partial charge is 0.477 e. The number of rotatable bonds is 8. The molecule has 1 aliphatic rings. The predicted octanol–water partition coefficient (Wildman–Crippen LogP) is 0.190. The maximum Gasteiger partial charge on any atom is 0.477 e. The first-order valence-electron chi connectivity index (χ1n) is 6.18. The number of aliphatic hydroxyl groups is 1. The van der Waals surface area contributed by atoms with Gasteiger partial charge in [0.1, 0.15) is 0 Å². The van der Waals surface area contributed by atoms with Crippen molar-refractivity contribution in [3.05, 3.63) is 0 Å². The Kier molecular flexibility index (Phi) is 8.16. The average molecular weight is 293 g/mol. The lowest BCUT2D eigenvalue weighted by atomic mass is 9.80. The lowest BCUT2D eigenvalue weighted by Gasteiger charge is -2.14. The molecule has 1 amide bonds. The van der Waals surface area contributed by atoms with Crippen LogP contribution in [0.4, 0.5) is 0 Å². The molecular weight excluding hydrogens is 273 g/mol. The smallest absolute Gasteiger partial charge is 0.426 e. The van der Waals surface area contributed by atoms with Crippen molar-refractivity contribution in [2.75, 3.05) is 12.4 Å². The summed E-state index contributed by atoms with van der Waals surface area (Å²) >= 11 is 0. The van der Waals surface area contributed by atoms with Crippen LogP contribution in [-0.2, 0) is 4.79 Å². The molecule has 18 heavy (non-hydrogen) atoms. The molecule has 1 rings (SSSR count). The van der Waals surface area contributed by atoms with E-state index in [0.717, 1.165) is 24.5 Å². The van der Waals surface area contributed by atoms with E-state index >= 15 is 0 Å². The Labute approximate surface area is 116 Å². The minimum Gasteiger partial charge on any atom is -0.426 e. The third-order valence-corrected chi connectivity index (χ3v) is 5.82. The summed E-state index contributed by atoms with van der Waals surface area (Å²) in [5, 5.41) is 29.6. The molecule has 0 radical (unpaired) electrons. The molecule has 1 unspecified atom stereocenters. The molecular formula is C10H20BNO4S2. The molecule has 8 heteroatoms. The normalized spacial score (nSPS) is 20.7. The van der Waals surface area contributed by atoms with Crippen molar-refractivity contribution in [2.24, 2.45) is 0 Å². The molecule has 1 saturated heterocycles. The number of nitrogens with one attached hydrogen (secondary N) is 1. The van der Waals surface area contributed by atoms with Gasteiger partial charge in [-0.25, -0.2) is 0 Å². The van der Waals surface area contributed by atoms with Crippen LogP contribution in [0.1, 0.15) is 32.1 Å². The molecule has 0 aromatic rings. The fourth-order valence-electron chi connectivity index (χ4n) is 1.72. The highest BCUT2D eigenvalue weighted by atomic mass is 33.1. The second-order valence-corrected chi connectivity index (χ2v) is 7.13. The molecule has 1 fully saturated rings. The van der Waals surface area contributed by atoms with E-state index in [1.165, 1.54) is 12.2 Å². The maximum atomic E-state index is 11.5. The van der Waals surface area contributed by atoms with E-state index in [1.54, 1.807) is 0 Å². The minimum absolute atomic E-state index is 0.240. The van der Waals surface area contributed by atoms with E-state index in [-0.39, 0.29) is 5.91 Å².